The third kappa shape index (κ3) is 3.15. The van der Waals surface area contributed by atoms with Crippen molar-refractivity contribution < 1.29 is 28.5 Å². The number of carbonyl (C=O) groups excluding carboxylic acids is 2. The summed E-state index contributed by atoms with van der Waals surface area (Å²) in [7, 11) is 4.54. The van der Waals surface area contributed by atoms with E-state index < -0.39 is 11.9 Å². The molecule has 7 nitrogen and oxygen atoms in total. The van der Waals surface area contributed by atoms with Gasteiger partial charge >= 0.3 is 5.97 Å². The molecule has 1 atom stereocenters. The molecule has 2 heterocycles. The molecule has 2 aromatic carbocycles. The van der Waals surface area contributed by atoms with Crippen molar-refractivity contribution in [2.24, 2.45) is 0 Å². The Balaban J connectivity index is 1.86. The van der Waals surface area contributed by atoms with Crippen LogP contribution in [0.3, 0.4) is 0 Å². The molecule has 2 aliphatic heterocycles. The third-order valence-electron chi connectivity index (χ3n) is 5.31. The fraction of sp³-hybridized carbons (Fsp3) is 0.273. The summed E-state index contributed by atoms with van der Waals surface area (Å²) in [6.45, 7) is 0.0225. The Bertz CT molecular complexity index is 1050. The maximum absolute atomic E-state index is 13.2. The molecule has 0 aromatic heterocycles. The minimum absolute atomic E-state index is 0.0225. The van der Waals surface area contributed by atoms with Crippen LogP contribution in [-0.4, -0.2) is 39.8 Å². The number of carbonyl (C=O) groups is 2. The van der Waals surface area contributed by atoms with E-state index in [0.717, 1.165) is 0 Å². The van der Waals surface area contributed by atoms with Crippen molar-refractivity contribution in [1.82, 2.24) is 0 Å². The number of cyclic esters (lactones) is 1. The Hall–Kier alpha value is -3.19. The molecule has 4 rings (SSSR count). The molecule has 0 spiro atoms. The average Bonchev–Trinajstić information content (AvgIpc) is 3.14. The van der Waals surface area contributed by atoms with Gasteiger partial charge in [0.2, 0.25) is 11.7 Å². The molecular weight excluding hydrogens is 410 g/mol. The second-order valence-electron chi connectivity index (χ2n) is 6.82. The van der Waals surface area contributed by atoms with Crippen molar-refractivity contribution in [2.45, 2.75) is 12.3 Å². The van der Waals surface area contributed by atoms with Gasteiger partial charge in [-0.05, 0) is 30.3 Å². The summed E-state index contributed by atoms with van der Waals surface area (Å²) >= 11 is 5.98. The van der Waals surface area contributed by atoms with Gasteiger partial charge in [-0.25, -0.2) is 4.79 Å². The van der Waals surface area contributed by atoms with Gasteiger partial charge < -0.3 is 18.9 Å². The number of hydrogen-bond acceptors (Lipinski definition) is 6. The second kappa shape index (κ2) is 7.91. The van der Waals surface area contributed by atoms with Gasteiger partial charge in [-0.1, -0.05) is 17.7 Å². The largest absolute Gasteiger partial charge is 0.493 e. The Morgan fingerprint density at radius 1 is 0.967 bits per heavy atom. The molecule has 0 saturated carbocycles. The second-order valence-corrected chi connectivity index (χ2v) is 7.26. The van der Waals surface area contributed by atoms with Crippen LogP contribution < -0.4 is 19.1 Å². The fourth-order valence-electron chi connectivity index (χ4n) is 4.01. The zero-order valence-corrected chi connectivity index (χ0v) is 17.5. The molecule has 30 heavy (non-hydrogen) atoms. The van der Waals surface area contributed by atoms with E-state index in [2.05, 4.69) is 0 Å². The zero-order chi connectivity index (χ0) is 21.4. The number of nitrogens with zero attached hydrogens (tertiary/aromatic N) is 1. The van der Waals surface area contributed by atoms with Crippen molar-refractivity contribution in [1.29, 1.82) is 0 Å². The van der Waals surface area contributed by atoms with Crippen LogP contribution in [0.4, 0.5) is 5.69 Å². The van der Waals surface area contributed by atoms with E-state index in [9.17, 15) is 9.59 Å². The lowest BCUT2D eigenvalue weighted by molar-refractivity contribution is -0.136. The summed E-state index contributed by atoms with van der Waals surface area (Å²) in [4.78, 5) is 27.4. The third-order valence-corrected chi connectivity index (χ3v) is 5.56. The Kier molecular flexibility index (Phi) is 5.30. The topological polar surface area (TPSA) is 74.3 Å². The number of methoxy groups -OCH3 is 3. The number of anilines is 1. The van der Waals surface area contributed by atoms with E-state index in [0.29, 0.717) is 44.8 Å². The van der Waals surface area contributed by atoms with E-state index in [1.54, 1.807) is 36.4 Å². The van der Waals surface area contributed by atoms with Crippen molar-refractivity contribution in [3.8, 4) is 17.2 Å². The number of halogens is 1. The Morgan fingerprint density at radius 2 is 1.67 bits per heavy atom. The SMILES string of the molecule is COc1ccc([C@H]2CC(=O)N(c3ccc(Cl)cc3)C3=C2C(=O)OC3)c(OC)c1OC. The van der Waals surface area contributed by atoms with Gasteiger partial charge in [0, 0.05) is 28.6 Å². The smallest absolute Gasteiger partial charge is 0.336 e. The maximum atomic E-state index is 13.2. The van der Waals surface area contributed by atoms with E-state index in [4.69, 9.17) is 30.5 Å². The molecule has 2 aliphatic rings. The standard InChI is InChI=1S/C22H20ClNO6/c1-27-17-9-8-14(20(28-2)21(17)29-3)15-10-18(25)24(13-6-4-12(23)5-7-13)16-11-30-22(26)19(15)16/h4-9,15H,10-11H2,1-3H3/t15-/m1/s1. The van der Waals surface area contributed by atoms with Gasteiger partial charge in [0.1, 0.15) is 6.61 Å². The lowest BCUT2D eigenvalue weighted by Gasteiger charge is -2.32. The van der Waals surface area contributed by atoms with Crippen molar-refractivity contribution in [3.63, 3.8) is 0 Å². The summed E-state index contributed by atoms with van der Waals surface area (Å²) in [5, 5.41) is 0.559. The minimum Gasteiger partial charge on any atom is -0.493 e. The number of hydrogen-bond donors (Lipinski definition) is 0. The maximum Gasteiger partial charge on any atom is 0.336 e. The molecule has 156 valence electrons. The first-order valence-corrected chi connectivity index (χ1v) is 9.65. The predicted octanol–water partition coefficient (Wildman–Crippen LogP) is 3.70. The van der Waals surface area contributed by atoms with Crippen molar-refractivity contribution >= 4 is 29.2 Å². The van der Waals surface area contributed by atoms with E-state index in [-0.39, 0.29) is 18.9 Å². The molecule has 0 N–H and O–H groups in total. The molecule has 0 fully saturated rings. The van der Waals surface area contributed by atoms with E-state index >= 15 is 0 Å². The first-order valence-electron chi connectivity index (χ1n) is 9.27. The van der Waals surface area contributed by atoms with Gasteiger partial charge in [0.15, 0.2) is 11.5 Å². The van der Waals surface area contributed by atoms with Crippen LogP contribution in [0.2, 0.25) is 5.02 Å². The number of ether oxygens (including phenoxy) is 4. The van der Waals surface area contributed by atoms with E-state index in [1.807, 2.05) is 0 Å². The van der Waals surface area contributed by atoms with Crippen LogP contribution in [-0.2, 0) is 14.3 Å². The molecule has 0 bridgehead atoms. The summed E-state index contributed by atoms with van der Waals surface area (Å²) in [6, 6.07) is 10.4. The molecule has 8 heteroatoms. The summed E-state index contributed by atoms with van der Waals surface area (Å²) in [6.07, 6.45) is 0.0718. The summed E-state index contributed by atoms with van der Waals surface area (Å²) in [5.74, 6) is 0.182. The van der Waals surface area contributed by atoms with Crippen molar-refractivity contribution in [2.75, 3.05) is 32.8 Å². The van der Waals surface area contributed by atoms with Crippen LogP contribution in [0.1, 0.15) is 17.9 Å². The molecule has 0 saturated heterocycles. The van der Waals surface area contributed by atoms with Crippen LogP contribution in [0.15, 0.2) is 47.7 Å². The highest BCUT2D eigenvalue weighted by Crippen LogP contribution is 2.49. The summed E-state index contributed by atoms with van der Waals surface area (Å²) in [5.41, 5.74) is 2.26. The molecular formula is C22H20ClNO6. The number of esters is 1. The van der Waals surface area contributed by atoms with Crippen LogP contribution in [0.25, 0.3) is 0 Å². The first-order chi connectivity index (χ1) is 14.5. The predicted molar refractivity (Wildman–Crippen MR) is 110 cm³/mol. The lowest BCUT2D eigenvalue weighted by Crippen LogP contribution is -2.37. The number of rotatable bonds is 5. The van der Waals surface area contributed by atoms with E-state index in [1.165, 1.54) is 26.2 Å². The van der Waals surface area contributed by atoms with Gasteiger partial charge in [0.05, 0.1) is 32.6 Å². The number of benzene rings is 2. The highest BCUT2D eigenvalue weighted by Gasteiger charge is 2.44. The molecule has 0 unspecified atom stereocenters. The van der Waals surface area contributed by atoms with Crippen LogP contribution >= 0.6 is 11.6 Å². The first kappa shape index (κ1) is 20.1. The van der Waals surface area contributed by atoms with Gasteiger partial charge in [-0.15, -0.1) is 0 Å². The Morgan fingerprint density at radius 3 is 2.30 bits per heavy atom. The normalized spacial score (nSPS) is 18.3. The fourth-order valence-corrected chi connectivity index (χ4v) is 4.13. The number of amides is 1. The van der Waals surface area contributed by atoms with Crippen LogP contribution in [0.5, 0.6) is 17.2 Å². The molecule has 0 radical (unpaired) electrons. The minimum atomic E-state index is -0.527. The van der Waals surface area contributed by atoms with Crippen LogP contribution in [0, 0.1) is 0 Å². The average molecular weight is 430 g/mol. The van der Waals surface area contributed by atoms with Gasteiger partial charge in [-0.3, -0.25) is 9.69 Å². The quantitative estimate of drug-likeness (QED) is 0.675. The summed E-state index contributed by atoms with van der Waals surface area (Å²) < 4.78 is 21.7. The lowest BCUT2D eigenvalue weighted by atomic mass is 9.83. The highest BCUT2D eigenvalue weighted by molar-refractivity contribution is 6.30. The van der Waals surface area contributed by atoms with Gasteiger partial charge in [-0.2, -0.15) is 0 Å². The zero-order valence-electron chi connectivity index (χ0n) is 16.7. The molecule has 0 aliphatic carbocycles. The monoisotopic (exact) mass is 429 g/mol. The van der Waals surface area contributed by atoms with Crippen molar-refractivity contribution in [3.05, 3.63) is 58.3 Å². The molecule has 2 aromatic rings. The van der Waals surface area contributed by atoms with Gasteiger partial charge in [0.25, 0.3) is 0 Å². The molecule has 1 amide bonds. The Labute approximate surface area is 178 Å². The highest BCUT2D eigenvalue weighted by atomic mass is 35.5.